The number of carbonyl (C=O) groups is 2. The molecule has 2 amide bonds. The average Bonchev–Trinajstić information content (AvgIpc) is 3.24. The molecule has 1 saturated heterocycles. The van der Waals surface area contributed by atoms with Crippen molar-refractivity contribution in [3.63, 3.8) is 0 Å². The number of nitrogens with zero attached hydrogens (tertiary/aromatic N) is 3. The molecule has 2 heterocycles. The van der Waals surface area contributed by atoms with E-state index in [0.717, 1.165) is 38.0 Å². The number of amides is 2. The number of nitriles is 1. The van der Waals surface area contributed by atoms with Gasteiger partial charge in [-0.3, -0.25) is 19.7 Å². The first-order valence-electron chi connectivity index (χ1n) is 11.8. The molecular weight excluding hydrogens is 458 g/mol. The van der Waals surface area contributed by atoms with Crippen LogP contribution in [0.5, 0.6) is 5.75 Å². The van der Waals surface area contributed by atoms with Gasteiger partial charge in [-0.05, 0) is 42.6 Å². The van der Waals surface area contributed by atoms with Gasteiger partial charge in [-0.1, -0.05) is 42.5 Å². The number of piperidine rings is 1. The molecule has 1 fully saturated rings. The zero-order chi connectivity index (χ0) is 25.5. The molecule has 1 aliphatic heterocycles. The molecule has 0 bridgehead atoms. The number of hydroxylamine groups is 1. The second kappa shape index (κ2) is 11.5. The van der Waals surface area contributed by atoms with Gasteiger partial charge >= 0.3 is 0 Å². The highest BCUT2D eigenvalue weighted by molar-refractivity contribution is 6.03. The normalized spacial score (nSPS) is 15.6. The monoisotopic (exact) mass is 487 g/mol. The summed E-state index contributed by atoms with van der Waals surface area (Å²) in [6.45, 7) is 2.58. The summed E-state index contributed by atoms with van der Waals surface area (Å²) < 4.78 is 7.39. The molecule has 0 spiro atoms. The van der Waals surface area contributed by atoms with Crippen molar-refractivity contribution in [1.29, 1.82) is 5.26 Å². The van der Waals surface area contributed by atoms with Crippen LogP contribution in [0.1, 0.15) is 50.4 Å². The SMILES string of the molecule is Cn1cc(C(=O)NC2CCCN(Cc3ccccc3)C2)c(OCc2ccc(C#N)cc2)c1C(=O)NO. The Labute approximate surface area is 209 Å². The summed E-state index contributed by atoms with van der Waals surface area (Å²) >= 11 is 0. The van der Waals surface area contributed by atoms with E-state index < -0.39 is 5.91 Å². The lowest BCUT2D eigenvalue weighted by Gasteiger charge is -2.33. The fourth-order valence-corrected chi connectivity index (χ4v) is 4.48. The topological polar surface area (TPSA) is 120 Å². The van der Waals surface area contributed by atoms with Gasteiger partial charge < -0.3 is 14.6 Å². The maximum atomic E-state index is 13.3. The van der Waals surface area contributed by atoms with Gasteiger partial charge in [0.15, 0.2) is 11.4 Å². The van der Waals surface area contributed by atoms with Crippen LogP contribution in [0.2, 0.25) is 0 Å². The number of rotatable bonds is 8. The molecule has 3 aromatic rings. The molecular formula is C27H29N5O4. The average molecular weight is 488 g/mol. The van der Waals surface area contributed by atoms with Gasteiger partial charge in [-0.25, -0.2) is 5.48 Å². The molecule has 1 aromatic heterocycles. The lowest BCUT2D eigenvalue weighted by Crippen LogP contribution is -2.47. The molecule has 3 N–H and O–H groups in total. The van der Waals surface area contributed by atoms with E-state index in [1.165, 1.54) is 16.3 Å². The van der Waals surface area contributed by atoms with Crippen LogP contribution in [0.25, 0.3) is 0 Å². The van der Waals surface area contributed by atoms with E-state index in [1.54, 1.807) is 36.8 Å². The van der Waals surface area contributed by atoms with Crippen molar-refractivity contribution in [1.82, 2.24) is 20.3 Å². The first-order chi connectivity index (χ1) is 17.5. The zero-order valence-corrected chi connectivity index (χ0v) is 20.1. The fraction of sp³-hybridized carbons (Fsp3) is 0.296. The summed E-state index contributed by atoms with van der Waals surface area (Å²) in [5.74, 6) is -1.04. The summed E-state index contributed by atoms with van der Waals surface area (Å²) in [6, 6.07) is 19.1. The van der Waals surface area contributed by atoms with Gasteiger partial charge in [0.05, 0.1) is 17.2 Å². The predicted molar refractivity (Wildman–Crippen MR) is 132 cm³/mol. The highest BCUT2D eigenvalue weighted by Crippen LogP contribution is 2.28. The molecule has 186 valence electrons. The minimum atomic E-state index is -0.780. The van der Waals surface area contributed by atoms with Crippen LogP contribution in [0.15, 0.2) is 60.8 Å². The number of benzene rings is 2. The predicted octanol–water partition coefficient (Wildman–Crippen LogP) is 2.99. The molecule has 0 radical (unpaired) electrons. The molecule has 9 nitrogen and oxygen atoms in total. The van der Waals surface area contributed by atoms with Gasteiger partial charge in [-0.15, -0.1) is 0 Å². The van der Waals surface area contributed by atoms with Crippen molar-refractivity contribution in [2.45, 2.75) is 32.0 Å². The molecule has 1 aliphatic rings. The Kier molecular flexibility index (Phi) is 8.00. The van der Waals surface area contributed by atoms with Crippen LogP contribution in [-0.4, -0.2) is 45.6 Å². The Bertz CT molecular complexity index is 1250. The summed E-state index contributed by atoms with van der Waals surface area (Å²) in [5.41, 5.74) is 4.39. The third kappa shape index (κ3) is 5.92. The van der Waals surface area contributed by atoms with Gasteiger partial charge in [0.2, 0.25) is 0 Å². The summed E-state index contributed by atoms with van der Waals surface area (Å²) in [5, 5.41) is 21.3. The molecule has 9 heteroatoms. The summed E-state index contributed by atoms with van der Waals surface area (Å²) in [4.78, 5) is 28.0. The van der Waals surface area contributed by atoms with E-state index in [9.17, 15) is 14.8 Å². The minimum Gasteiger partial charge on any atom is -0.486 e. The van der Waals surface area contributed by atoms with Crippen LogP contribution in [0.4, 0.5) is 0 Å². The molecule has 1 unspecified atom stereocenters. The van der Waals surface area contributed by atoms with E-state index >= 15 is 0 Å². The smallest absolute Gasteiger partial charge is 0.295 e. The van der Waals surface area contributed by atoms with Gasteiger partial charge in [0.25, 0.3) is 11.8 Å². The highest BCUT2D eigenvalue weighted by atomic mass is 16.5. The van der Waals surface area contributed by atoms with Crippen LogP contribution in [0, 0.1) is 11.3 Å². The lowest BCUT2D eigenvalue weighted by molar-refractivity contribution is 0.0692. The maximum absolute atomic E-state index is 13.3. The number of hydrogen-bond donors (Lipinski definition) is 3. The van der Waals surface area contributed by atoms with Crippen molar-refractivity contribution in [2.24, 2.45) is 7.05 Å². The van der Waals surface area contributed by atoms with E-state index in [2.05, 4.69) is 28.4 Å². The van der Waals surface area contributed by atoms with E-state index in [0.29, 0.717) is 5.56 Å². The molecule has 0 saturated carbocycles. The molecule has 1 atom stereocenters. The Balaban J connectivity index is 1.49. The van der Waals surface area contributed by atoms with E-state index in [4.69, 9.17) is 10.00 Å². The fourth-order valence-electron chi connectivity index (χ4n) is 4.48. The Hall–Kier alpha value is -4.13. The van der Waals surface area contributed by atoms with Crippen molar-refractivity contribution in [3.8, 4) is 11.8 Å². The van der Waals surface area contributed by atoms with Gasteiger partial charge in [-0.2, -0.15) is 5.26 Å². The van der Waals surface area contributed by atoms with Crippen LogP contribution < -0.4 is 15.5 Å². The second-order valence-electron chi connectivity index (χ2n) is 8.90. The Morgan fingerprint density at radius 2 is 1.86 bits per heavy atom. The van der Waals surface area contributed by atoms with Crippen LogP contribution in [-0.2, 0) is 20.2 Å². The van der Waals surface area contributed by atoms with E-state index in [-0.39, 0.29) is 35.6 Å². The van der Waals surface area contributed by atoms with Crippen LogP contribution >= 0.6 is 0 Å². The third-order valence-corrected chi connectivity index (χ3v) is 6.25. The number of carbonyl (C=O) groups excluding carboxylic acids is 2. The number of hydrogen-bond acceptors (Lipinski definition) is 6. The van der Waals surface area contributed by atoms with E-state index in [1.807, 2.05) is 18.2 Å². The van der Waals surface area contributed by atoms with Crippen molar-refractivity contribution in [3.05, 3.63) is 88.7 Å². The number of aromatic nitrogens is 1. The third-order valence-electron chi connectivity index (χ3n) is 6.25. The summed E-state index contributed by atoms with van der Waals surface area (Å²) in [7, 11) is 1.61. The highest BCUT2D eigenvalue weighted by Gasteiger charge is 2.28. The Morgan fingerprint density at radius 1 is 1.11 bits per heavy atom. The maximum Gasteiger partial charge on any atom is 0.295 e. The molecule has 36 heavy (non-hydrogen) atoms. The van der Waals surface area contributed by atoms with Crippen molar-refractivity contribution >= 4 is 11.8 Å². The summed E-state index contributed by atoms with van der Waals surface area (Å²) in [6.07, 6.45) is 3.35. The van der Waals surface area contributed by atoms with Crippen molar-refractivity contribution in [2.75, 3.05) is 13.1 Å². The zero-order valence-electron chi connectivity index (χ0n) is 20.1. The standard InChI is InChI=1S/C27H29N5O4/c1-31-17-23(25(24(31)27(34)30-35)36-18-21-11-9-19(14-28)10-12-21)26(33)29-22-8-5-13-32(16-22)15-20-6-3-2-4-7-20/h2-4,6-7,9-12,17,22,35H,5,8,13,15-16,18H2,1H3,(H,29,33)(H,30,34). The van der Waals surface area contributed by atoms with Crippen LogP contribution in [0.3, 0.4) is 0 Å². The largest absolute Gasteiger partial charge is 0.486 e. The Morgan fingerprint density at radius 3 is 2.56 bits per heavy atom. The quantitative estimate of drug-likeness (QED) is 0.332. The minimum absolute atomic E-state index is 0.0330. The first-order valence-corrected chi connectivity index (χ1v) is 11.8. The molecule has 4 rings (SSSR count). The van der Waals surface area contributed by atoms with Crippen molar-refractivity contribution < 1.29 is 19.5 Å². The molecule has 0 aliphatic carbocycles. The number of likely N-dealkylation sites (tertiary alicyclic amines) is 1. The van der Waals surface area contributed by atoms with Gasteiger partial charge in [0, 0.05) is 32.4 Å². The molecule has 2 aromatic carbocycles. The number of aryl methyl sites for hydroxylation is 1. The lowest BCUT2D eigenvalue weighted by atomic mass is 10.0. The van der Waals surface area contributed by atoms with Gasteiger partial charge in [0.1, 0.15) is 6.61 Å². The second-order valence-corrected chi connectivity index (χ2v) is 8.90. The number of ether oxygens (including phenoxy) is 1. The first kappa shape index (κ1) is 25.0. The number of nitrogens with one attached hydrogen (secondary N) is 2.